The van der Waals surface area contributed by atoms with Gasteiger partial charge in [-0.3, -0.25) is 0 Å². The first-order valence-corrected chi connectivity index (χ1v) is 27.3. The maximum absolute atomic E-state index is 2.65. The van der Waals surface area contributed by atoms with Crippen LogP contribution in [0.3, 0.4) is 0 Å². The molecule has 0 saturated heterocycles. The van der Waals surface area contributed by atoms with Crippen molar-refractivity contribution in [1.29, 1.82) is 0 Å². The van der Waals surface area contributed by atoms with Crippen LogP contribution in [0.25, 0.3) is 24.3 Å². The Hall–Kier alpha value is -1.26. The summed E-state index contributed by atoms with van der Waals surface area (Å²) in [5.74, 6) is 0. The Bertz CT molecular complexity index is 1070. The standard InChI is InChI=1S/C22H14.4CH3.2Sn/c1-3-7-19(8-4-1)11-13-21-15-17-22(18-16-21)14-12-20-9-5-2-6-10-20;;;;;;/h1-7,9,11-15,18H;4*1H3;;. The second kappa shape index (κ2) is 6.63. The average Bonchev–Trinajstić information content (AvgIpc) is 2.87. The Morgan fingerprint density at radius 2 is 0.786 bits per heavy atom. The van der Waals surface area contributed by atoms with Crippen LogP contribution in [-0.4, -0.2) is 36.8 Å². The molecule has 5 rings (SSSR count). The van der Waals surface area contributed by atoms with Gasteiger partial charge in [0.05, 0.1) is 0 Å². The van der Waals surface area contributed by atoms with E-state index in [9.17, 15) is 0 Å². The molecule has 0 nitrogen and oxygen atoms in total. The van der Waals surface area contributed by atoms with E-state index in [1.165, 1.54) is 22.3 Å². The van der Waals surface area contributed by atoms with E-state index < -0.39 is 36.8 Å². The zero-order chi connectivity index (χ0) is 19.5. The van der Waals surface area contributed by atoms with Crippen molar-refractivity contribution < 1.29 is 0 Å². The van der Waals surface area contributed by atoms with Crippen LogP contribution in [0.15, 0.2) is 60.7 Å². The van der Waals surface area contributed by atoms with Crippen molar-refractivity contribution in [3.8, 4) is 0 Å². The number of rotatable bonds is 0. The molecule has 0 aliphatic carbocycles. The van der Waals surface area contributed by atoms with E-state index in [0.717, 1.165) is 0 Å². The molecule has 3 aromatic rings. The maximum atomic E-state index is 2.58. The molecule has 3 aromatic carbocycles. The van der Waals surface area contributed by atoms with Crippen LogP contribution < -0.4 is 14.3 Å². The molecular weight excluding hydrogens is 550 g/mol. The van der Waals surface area contributed by atoms with Crippen LogP contribution in [0.2, 0.25) is 19.8 Å². The van der Waals surface area contributed by atoms with Crippen molar-refractivity contribution in [2.24, 2.45) is 0 Å². The first kappa shape index (κ1) is 18.7. The molecule has 0 aromatic heterocycles. The monoisotopic (exact) mass is 578 g/mol. The Kier molecular flexibility index (Phi) is 4.44. The first-order chi connectivity index (χ1) is 13.4. The van der Waals surface area contributed by atoms with Crippen molar-refractivity contribution in [3.05, 3.63) is 82.9 Å². The Balaban J connectivity index is 1.79. The van der Waals surface area contributed by atoms with Crippen molar-refractivity contribution in [3.63, 3.8) is 0 Å². The van der Waals surface area contributed by atoms with Gasteiger partial charge in [-0.15, -0.1) is 0 Å². The van der Waals surface area contributed by atoms with Crippen molar-refractivity contribution in [2.75, 3.05) is 0 Å². The molecule has 0 saturated carbocycles. The Labute approximate surface area is 176 Å². The molecule has 0 spiro atoms. The molecule has 0 amide bonds. The molecular formula is C26H26Sn2. The van der Waals surface area contributed by atoms with E-state index in [-0.39, 0.29) is 0 Å². The molecule has 0 N–H and O–H groups in total. The number of benzene rings is 3. The van der Waals surface area contributed by atoms with Gasteiger partial charge in [0.1, 0.15) is 0 Å². The van der Waals surface area contributed by atoms with E-state index >= 15 is 0 Å². The van der Waals surface area contributed by atoms with Gasteiger partial charge in [0.25, 0.3) is 0 Å². The SMILES string of the molecule is [CH3][Sn]1([CH3])[c]2ccccc2C=Cc2c[c]3c(c[c]21)C=Cc1cccc[c]1[Sn]3([CH3])[CH3]. The summed E-state index contributed by atoms with van der Waals surface area (Å²) in [6, 6.07) is 23.3. The van der Waals surface area contributed by atoms with Gasteiger partial charge in [0, 0.05) is 0 Å². The fraction of sp³-hybridized carbons (Fsp3) is 0.154. The third kappa shape index (κ3) is 2.79. The molecule has 0 fully saturated rings. The van der Waals surface area contributed by atoms with Gasteiger partial charge in [-0.25, -0.2) is 0 Å². The summed E-state index contributed by atoms with van der Waals surface area (Å²) >= 11 is -5.30. The van der Waals surface area contributed by atoms with Crippen LogP contribution in [0.4, 0.5) is 0 Å². The molecule has 0 bridgehead atoms. The third-order valence-corrected chi connectivity index (χ3v) is 27.2. The summed E-state index contributed by atoms with van der Waals surface area (Å²) < 4.78 is 6.53. The van der Waals surface area contributed by atoms with Crippen LogP contribution in [0.5, 0.6) is 0 Å². The summed E-state index contributed by atoms with van der Waals surface area (Å²) in [5, 5.41) is 0. The summed E-state index contributed by atoms with van der Waals surface area (Å²) in [6.45, 7) is 0. The predicted molar refractivity (Wildman–Crippen MR) is 131 cm³/mol. The van der Waals surface area contributed by atoms with Gasteiger partial charge in [-0.1, -0.05) is 0 Å². The van der Waals surface area contributed by atoms with E-state index in [1.807, 2.05) is 0 Å². The fourth-order valence-electron chi connectivity index (χ4n) is 5.06. The summed E-state index contributed by atoms with van der Waals surface area (Å²) in [5.41, 5.74) is 5.82. The van der Waals surface area contributed by atoms with Crippen molar-refractivity contribution >= 4 is 75.4 Å². The molecule has 138 valence electrons. The van der Waals surface area contributed by atoms with Gasteiger partial charge in [0.15, 0.2) is 0 Å². The minimum atomic E-state index is -2.65. The molecule has 28 heavy (non-hydrogen) atoms. The zero-order valence-corrected chi connectivity index (χ0v) is 22.8. The molecule has 0 radical (unpaired) electrons. The molecule has 0 unspecified atom stereocenters. The van der Waals surface area contributed by atoms with Crippen molar-refractivity contribution in [1.82, 2.24) is 0 Å². The normalized spacial score (nSPS) is 17.6. The summed E-state index contributed by atoms with van der Waals surface area (Å²) in [7, 11) is 0. The van der Waals surface area contributed by atoms with E-state index in [1.54, 1.807) is 14.3 Å². The van der Waals surface area contributed by atoms with E-state index in [2.05, 4.69) is 105 Å². The van der Waals surface area contributed by atoms with Gasteiger partial charge in [-0.05, 0) is 0 Å². The van der Waals surface area contributed by atoms with Gasteiger partial charge < -0.3 is 0 Å². The number of fused-ring (bicyclic) bond motifs is 4. The van der Waals surface area contributed by atoms with Gasteiger partial charge in [-0.2, -0.15) is 0 Å². The minimum absolute atomic E-state index is 1.43. The Morgan fingerprint density at radius 3 is 1.21 bits per heavy atom. The van der Waals surface area contributed by atoms with Crippen molar-refractivity contribution in [2.45, 2.75) is 19.8 Å². The fourth-order valence-corrected chi connectivity index (χ4v) is 22.7. The average molecular weight is 576 g/mol. The van der Waals surface area contributed by atoms with Gasteiger partial charge in [0.2, 0.25) is 0 Å². The third-order valence-electron chi connectivity index (χ3n) is 6.72. The van der Waals surface area contributed by atoms with Crippen LogP contribution in [-0.2, 0) is 0 Å². The second-order valence-corrected chi connectivity index (χ2v) is 33.8. The van der Waals surface area contributed by atoms with Gasteiger partial charge >= 0.3 is 178 Å². The summed E-state index contributed by atoms with van der Waals surface area (Å²) in [6.07, 6.45) is 9.50. The van der Waals surface area contributed by atoms with Crippen LogP contribution >= 0.6 is 0 Å². The molecule has 2 aliphatic rings. The number of hydrogen-bond acceptors (Lipinski definition) is 0. The van der Waals surface area contributed by atoms with Crippen LogP contribution in [0, 0.1) is 0 Å². The molecule has 2 aliphatic heterocycles. The topological polar surface area (TPSA) is 0 Å². The Morgan fingerprint density at radius 1 is 0.429 bits per heavy atom. The molecule has 2 heterocycles. The zero-order valence-electron chi connectivity index (χ0n) is 17.1. The second-order valence-electron chi connectivity index (χ2n) is 9.12. The molecule has 0 atom stereocenters. The van der Waals surface area contributed by atoms with E-state index in [0.29, 0.717) is 0 Å². The quantitative estimate of drug-likeness (QED) is 0.351. The van der Waals surface area contributed by atoms with Crippen LogP contribution in [0.1, 0.15) is 22.3 Å². The summed E-state index contributed by atoms with van der Waals surface area (Å²) in [4.78, 5) is 10.3. The molecule has 2 heteroatoms. The van der Waals surface area contributed by atoms with E-state index in [4.69, 9.17) is 0 Å². The number of hydrogen-bond donors (Lipinski definition) is 0. The first-order valence-electron chi connectivity index (χ1n) is 10.1. The predicted octanol–water partition coefficient (Wildman–Crippen LogP) is 4.30.